The van der Waals surface area contributed by atoms with Gasteiger partial charge in [0.15, 0.2) is 5.78 Å². The van der Waals surface area contributed by atoms with E-state index in [1.54, 1.807) is 13.0 Å². The summed E-state index contributed by atoms with van der Waals surface area (Å²) in [6.07, 6.45) is 0. The third kappa shape index (κ3) is 3.90. The van der Waals surface area contributed by atoms with Gasteiger partial charge >= 0.3 is 5.97 Å². The highest BCUT2D eigenvalue weighted by molar-refractivity contribution is 6.25. The van der Waals surface area contributed by atoms with Gasteiger partial charge in [0.25, 0.3) is 0 Å². The van der Waals surface area contributed by atoms with Crippen LogP contribution in [0.5, 0.6) is 0 Å². The van der Waals surface area contributed by atoms with Crippen LogP contribution in [-0.2, 0) is 9.53 Å². The van der Waals surface area contributed by atoms with Gasteiger partial charge in [-0.25, -0.2) is 4.79 Å². The number of Topliss-reactive ketones (excluding diaryl/α,β-unsaturated/α-hetero) is 1. The van der Waals surface area contributed by atoms with Crippen LogP contribution in [0, 0.1) is 12.3 Å². The van der Waals surface area contributed by atoms with E-state index in [4.69, 9.17) is 9.15 Å². The van der Waals surface area contributed by atoms with Crippen LogP contribution in [-0.4, -0.2) is 18.9 Å². The van der Waals surface area contributed by atoms with Crippen molar-refractivity contribution in [1.82, 2.24) is 0 Å². The number of esters is 1. The molecular weight excluding hydrogens is 316 g/mol. The fourth-order valence-corrected chi connectivity index (χ4v) is 2.89. The Bertz CT molecular complexity index is 817. The number of methoxy groups -OCH3 is 1. The van der Waals surface area contributed by atoms with Crippen molar-refractivity contribution >= 4 is 22.9 Å². The summed E-state index contributed by atoms with van der Waals surface area (Å²) < 4.78 is 10.9. The van der Waals surface area contributed by atoms with Crippen LogP contribution in [0.3, 0.4) is 0 Å². The van der Waals surface area contributed by atoms with Gasteiger partial charge < -0.3 is 9.15 Å². The Hall–Kier alpha value is -2.62. The zero-order valence-corrected chi connectivity index (χ0v) is 15.6. The summed E-state index contributed by atoms with van der Waals surface area (Å²) in [6, 6.07) is 11.1. The molecule has 2 rings (SSSR count). The molecule has 132 valence electrons. The molecule has 0 saturated carbocycles. The van der Waals surface area contributed by atoms with E-state index >= 15 is 0 Å². The largest absolute Gasteiger partial charge is 0.465 e. The van der Waals surface area contributed by atoms with E-state index in [9.17, 15) is 9.59 Å². The molecule has 0 saturated heterocycles. The van der Waals surface area contributed by atoms with Gasteiger partial charge in [0.05, 0.1) is 18.2 Å². The molecule has 1 heterocycles. The van der Waals surface area contributed by atoms with E-state index in [0.717, 1.165) is 5.56 Å². The minimum absolute atomic E-state index is 0.0694. The number of furan rings is 1. The molecule has 0 bridgehead atoms. The molecule has 0 aliphatic rings. The second-order valence-corrected chi connectivity index (χ2v) is 6.99. The average molecular weight is 340 g/mol. The average Bonchev–Trinajstić information content (AvgIpc) is 2.92. The van der Waals surface area contributed by atoms with Crippen LogP contribution in [0.4, 0.5) is 0 Å². The first-order chi connectivity index (χ1) is 11.7. The van der Waals surface area contributed by atoms with Crippen LogP contribution in [0.2, 0.25) is 0 Å². The summed E-state index contributed by atoms with van der Waals surface area (Å²) in [7, 11) is 1.36. The molecule has 2 aromatic rings. The molecule has 0 unspecified atom stereocenters. The highest BCUT2D eigenvalue weighted by Crippen LogP contribution is 2.41. The molecule has 0 atom stereocenters. The lowest BCUT2D eigenvalue weighted by Crippen LogP contribution is -2.15. The quantitative estimate of drug-likeness (QED) is 0.450. The predicted octanol–water partition coefficient (Wildman–Crippen LogP) is 4.92. The molecule has 0 aliphatic heterocycles. The molecular formula is C21H24O4. The predicted molar refractivity (Wildman–Crippen MR) is 98.2 cm³/mol. The smallest absolute Gasteiger partial charge is 0.338 e. The maximum absolute atomic E-state index is 12.6. The highest BCUT2D eigenvalue weighted by Gasteiger charge is 2.31. The summed E-state index contributed by atoms with van der Waals surface area (Å²) in [5.41, 5.74) is 2.02. The van der Waals surface area contributed by atoms with Gasteiger partial charge in [-0.3, -0.25) is 4.79 Å². The van der Waals surface area contributed by atoms with Crippen molar-refractivity contribution in [2.45, 2.75) is 34.6 Å². The second-order valence-electron chi connectivity index (χ2n) is 6.99. The Balaban J connectivity index is 2.85. The molecule has 4 heteroatoms. The molecule has 4 nitrogen and oxygen atoms in total. The van der Waals surface area contributed by atoms with Crippen molar-refractivity contribution in [2.75, 3.05) is 7.11 Å². The highest BCUT2D eigenvalue weighted by atomic mass is 16.5. The monoisotopic (exact) mass is 340 g/mol. The molecule has 0 aliphatic carbocycles. The normalized spacial score (nSPS) is 12.6. The van der Waals surface area contributed by atoms with Crippen LogP contribution >= 0.6 is 0 Å². The molecule has 0 amide bonds. The van der Waals surface area contributed by atoms with Crippen molar-refractivity contribution in [3.63, 3.8) is 0 Å². The van der Waals surface area contributed by atoms with Gasteiger partial charge in [-0.2, -0.15) is 0 Å². The number of aryl methyl sites for hydroxylation is 1. The lowest BCUT2D eigenvalue weighted by Gasteiger charge is -2.25. The van der Waals surface area contributed by atoms with Gasteiger partial charge in [-0.05, 0) is 30.9 Å². The number of ketones is 1. The third-order valence-electron chi connectivity index (χ3n) is 4.00. The van der Waals surface area contributed by atoms with Gasteiger partial charge in [-0.15, -0.1) is 0 Å². The van der Waals surface area contributed by atoms with Gasteiger partial charge in [0.2, 0.25) is 0 Å². The molecule has 1 aromatic heterocycles. The summed E-state index contributed by atoms with van der Waals surface area (Å²) in [5, 5.41) is 0. The Morgan fingerprint density at radius 2 is 1.68 bits per heavy atom. The Morgan fingerprint density at radius 1 is 1.08 bits per heavy atom. The number of carbonyl (C=O) groups excluding carboxylic acids is 2. The number of hydrogen-bond acceptors (Lipinski definition) is 4. The molecule has 0 N–H and O–H groups in total. The topological polar surface area (TPSA) is 56.5 Å². The van der Waals surface area contributed by atoms with E-state index in [1.165, 1.54) is 14.0 Å². The first kappa shape index (κ1) is 18.7. The molecule has 0 spiro atoms. The number of ether oxygens (including phenoxy) is 1. The second kappa shape index (κ2) is 7.09. The molecule has 0 fully saturated rings. The first-order valence-corrected chi connectivity index (χ1v) is 8.17. The number of carbonyl (C=O) groups is 2. The van der Waals surface area contributed by atoms with E-state index in [2.05, 4.69) is 0 Å². The van der Waals surface area contributed by atoms with E-state index < -0.39 is 11.4 Å². The van der Waals surface area contributed by atoms with Crippen molar-refractivity contribution in [1.29, 1.82) is 0 Å². The fourth-order valence-electron chi connectivity index (χ4n) is 2.89. The summed E-state index contributed by atoms with van der Waals surface area (Å²) in [6.45, 7) is 9.25. The number of hydrogen-bond donors (Lipinski definition) is 0. The van der Waals surface area contributed by atoms with Gasteiger partial charge in [0.1, 0.15) is 11.5 Å². The minimum Gasteiger partial charge on any atom is -0.465 e. The Morgan fingerprint density at radius 3 is 2.12 bits per heavy atom. The van der Waals surface area contributed by atoms with Crippen molar-refractivity contribution in [3.8, 4) is 0 Å². The zero-order valence-electron chi connectivity index (χ0n) is 15.6. The molecule has 25 heavy (non-hydrogen) atoms. The number of allylic oxidation sites excluding steroid dienone is 1. The van der Waals surface area contributed by atoms with Crippen molar-refractivity contribution in [3.05, 3.63) is 59.0 Å². The molecule has 0 radical (unpaired) electrons. The zero-order chi connectivity index (χ0) is 18.8. The van der Waals surface area contributed by atoms with Crippen LogP contribution < -0.4 is 0 Å². The summed E-state index contributed by atoms with van der Waals surface area (Å²) in [4.78, 5) is 24.4. The Labute approximate surface area is 148 Å². The summed E-state index contributed by atoms with van der Waals surface area (Å²) in [5.74, 6) is 0.552. The van der Waals surface area contributed by atoms with Crippen LogP contribution in [0.15, 0.2) is 40.8 Å². The van der Waals surface area contributed by atoms with Crippen molar-refractivity contribution in [2.24, 2.45) is 5.41 Å². The van der Waals surface area contributed by atoms with E-state index in [0.29, 0.717) is 28.2 Å². The van der Waals surface area contributed by atoms with Gasteiger partial charge in [-0.1, -0.05) is 51.1 Å². The summed E-state index contributed by atoms with van der Waals surface area (Å²) >= 11 is 0. The SMILES string of the molecule is COC(=O)/C(=C(/c1cc(C(C)=O)c(C)o1)C(C)(C)C)c1ccccc1. The fraction of sp³-hybridized carbons (Fsp3) is 0.333. The van der Waals surface area contributed by atoms with Gasteiger partial charge in [0, 0.05) is 5.57 Å². The standard InChI is InChI=1S/C21H24O4/c1-13(22)16-12-17(25-14(16)2)19(21(3,4)5)18(20(23)24-6)15-10-8-7-9-11-15/h7-12H,1-6H3/b19-18-. The van der Waals surface area contributed by atoms with E-state index in [-0.39, 0.29) is 5.78 Å². The van der Waals surface area contributed by atoms with Crippen molar-refractivity contribution < 1.29 is 18.7 Å². The maximum atomic E-state index is 12.6. The van der Waals surface area contributed by atoms with E-state index in [1.807, 2.05) is 51.1 Å². The Kier molecular flexibility index (Phi) is 5.31. The number of benzene rings is 1. The lowest BCUT2D eigenvalue weighted by atomic mass is 9.80. The molecule has 1 aromatic carbocycles. The van der Waals surface area contributed by atoms with Crippen LogP contribution in [0.1, 0.15) is 55.1 Å². The van der Waals surface area contributed by atoms with Crippen LogP contribution in [0.25, 0.3) is 11.1 Å². The third-order valence-corrected chi connectivity index (χ3v) is 4.00. The maximum Gasteiger partial charge on any atom is 0.338 e. The number of rotatable bonds is 4. The first-order valence-electron chi connectivity index (χ1n) is 8.17. The minimum atomic E-state index is -0.436. The lowest BCUT2D eigenvalue weighted by molar-refractivity contribution is -0.133.